The largest absolute Gasteiger partial charge is 0.558 e. The third-order valence-electron chi connectivity index (χ3n) is 1.47. The Hall–Kier alpha value is 0.668. The highest BCUT2D eigenvalue weighted by atomic mass is 29.2. The molecule has 13 heavy (non-hydrogen) atoms. The van der Waals surface area contributed by atoms with Crippen LogP contribution in [0.1, 0.15) is 0 Å². The zero-order chi connectivity index (χ0) is 9.84. The van der Waals surface area contributed by atoms with Crippen molar-refractivity contribution < 1.29 is 21.2 Å². The summed E-state index contributed by atoms with van der Waals surface area (Å²) in [5.74, 6) is 0. The summed E-state index contributed by atoms with van der Waals surface area (Å²) in [6.45, 7) is 4.15. The molecule has 1 rings (SSSR count). The molecule has 0 bridgehead atoms. The smallest absolute Gasteiger partial charge is 0.413 e. The molecular weight excluding hydrogens is 240 g/mol. The van der Waals surface area contributed by atoms with Crippen LogP contribution in [0.15, 0.2) is 0 Å². The number of rotatable bonds is 2. The summed E-state index contributed by atoms with van der Waals surface area (Å²) < 4.78 is 26.8. The molecule has 0 saturated carbocycles. The predicted molar refractivity (Wildman–Crippen MR) is 52.0 cm³/mol. The van der Waals surface area contributed by atoms with Crippen LogP contribution >= 0.6 is 0 Å². The Morgan fingerprint density at radius 1 is 0.769 bits per heavy atom. The average Bonchev–Trinajstić information content (AvgIpc) is 2.27. The quantitative estimate of drug-likeness (QED) is 0.628. The molecule has 1 saturated heterocycles. The van der Waals surface area contributed by atoms with Crippen molar-refractivity contribution in [3.63, 3.8) is 0 Å². The lowest BCUT2D eigenvalue weighted by Crippen LogP contribution is -2.38. The molecule has 0 aromatic rings. The van der Waals surface area contributed by atoms with Crippen molar-refractivity contribution in [1.82, 2.24) is 0 Å². The van der Waals surface area contributed by atoms with E-state index in [0.29, 0.717) is 0 Å². The average molecular weight is 252 g/mol. The lowest BCUT2D eigenvalue weighted by molar-refractivity contribution is 0.190. The van der Waals surface area contributed by atoms with Crippen molar-refractivity contribution in [2.45, 2.75) is 13.1 Å². The molecular formula is C4H12O5Si4. The fourth-order valence-electron chi connectivity index (χ4n) is 0.670. The predicted octanol–water partition coefficient (Wildman–Crippen LogP) is -0.367. The van der Waals surface area contributed by atoms with Gasteiger partial charge in [-0.3, -0.25) is 0 Å². The molecule has 74 valence electrons. The van der Waals surface area contributed by atoms with Crippen LogP contribution in [0.5, 0.6) is 0 Å². The van der Waals surface area contributed by atoms with E-state index < -0.39 is 36.2 Å². The van der Waals surface area contributed by atoms with Gasteiger partial charge in [-0.2, -0.15) is 0 Å². The Kier molecular flexibility index (Phi) is 4.99. The zero-order valence-corrected chi connectivity index (χ0v) is 12.0. The standard InChI is InChI=1S/C4H12O5Si4/c1-5-12-7-10(3)11(4)8-13(6-2)9-12/h1-4H3. The first kappa shape index (κ1) is 11.7. The van der Waals surface area contributed by atoms with Gasteiger partial charge in [-0.25, -0.2) is 0 Å². The third-order valence-corrected chi connectivity index (χ3v) is 13.1. The summed E-state index contributed by atoms with van der Waals surface area (Å²) in [6.07, 6.45) is 0. The molecule has 5 nitrogen and oxygen atoms in total. The van der Waals surface area contributed by atoms with Crippen molar-refractivity contribution >= 4 is 36.2 Å². The van der Waals surface area contributed by atoms with E-state index in [1.807, 2.05) is 0 Å². The van der Waals surface area contributed by atoms with Crippen molar-refractivity contribution in [3.8, 4) is 0 Å². The highest BCUT2D eigenvalue weighted by Gasteiger charge is 2.39. The van der Waals surface area contributed by atoms with Gasteiger partial charge in [0, 0.05) is 14.2 Å². The zero-order valence-electron chi connectivity index (χ0n) is 8.04. The van der Waals surface area contributed by atoms with Crippen molar-refractivity contribution in [2.24, 2.45) is 0 Å². The summed E-state index contributed by atoms with van der Waals surface area (Å²) in [4.78, 5) is 0. The molecule has 0 aromatic carbocycles. The van der Waals surface area contributed by atoms with Gasteiger partial charge in [0.2, 0.25) is 17.1 Å². The van der Waals surface area contributed by atoms with Crippen molar-refractivity contribution in [3.05, 3.63) is 0 Å². The van der Waals surface area contributed by atoms with Crippen LogP contribution in [0.25, 0.3) is 0 Å². The summed E-state index contributed by atoms with van der Waals surface area (Å²) in [5, 5.41) is 0. The molecule has 0 aliphatic carbocycles. The Morgan fingerprint density at radius 2 is 1.15 bits per heavy atom. The SMILES string of the molecule is CO[Si]1O[Si](OC)O[Si](C)[Si](C)O1. The van der Waals surface area contributed by atoms with Gasteiger partial charge in [0.25, 0.3) is 0 Å². The van der Waals surface area contributed by atoms with E-state index in [2.05, 4.69) is 13.1 Å². The molecule has 9 heteroatoms. The van der Waals surface area contributed by atoms with Crippen LogP contribution in [0.3, 0.4) is 0 Å². The van der Waals surface area contributed by atoms with E-state index in [1.54, 1.807) is 14.2 Å². The van der Waals surface area contributed by atoms with Crippen LogP contribution in [0, 0.1) is 0 Å². The first-order valence-corrected chi connectivity index (χ1v) is 11.0. The highest BCUT2D eigenvalue weighted by Crippen LogP contribution is 2.09. The molecule has 4 radical (unpaired) electrons. The lowest BCUT2D eigenvalue weighted by Gasteiger charge is -2.12. The second-order valence-electron chi connectivity index (χ2n) is 2.33. The Labute approximate surface area is 85.1 Å². The third kappa shape index (κ3) is 3.37. The van der Waals surface area contributed by atoms with E-state index >= 15 is 0 Å². The Balaban J connectivity index is 2.56. The Bertz CT molecular complexity index is 143. The van der Waals surface area contributed by atoms with Gasteiger partial charge in [0.1, 0.15) is 0 Å². The van der Waals surface area contributed by atoms with Crippen LogP contribution < -0.4 is 0 Å². The van der Waals surface area contributed by atoms with E-state index in [1.165, 1.54) is 0 Å². The van der Waals surface area contributed by atoms with Gasteiger partial charge < -0.3 is 21.2 Å². The molecule has 0 unspecified atom stereocenters. The first-order chi connectivity index (χ1) is 6.17. The minimum atomic E-state index is -1.60. The van der Waals surface area contributed by atoms with E-state index in [-0.39, 0.29) is 0 Å². The minimum Gasteiger partial charge on any atom is -0.413 e. The van der Waals surface area contributed by atoms with Gasteiger partial charge in [-0.15, -0.1) is 0 Å². The molecule has 1 aliphatic heterocycles. The Morgan fingerprint density at radius 3 is 1.46 bits per heavy atom. The van der Waals surface area contributed by atoms with Crippen LogP contribution in [-0.4, -0.2) is 50.4 Å². The van der Waals surface area contributed by atoms with Gasteiger partial charge >= 0.3 is 19.1 Å². The van der Waals surface area contributed by atoms with Gasteiger partial charge in [-0.05, 0) is 13.1 Å². The lowest BCUT2D eigenvalue weighted by atomic mass is 11.8. The number of hydrogen-bond donors (Lipinski definition) is 0. The minimum absolute atomic E-state index is 0.889. The van der Waals surface area contributed by atoms with Gasteiger partial charge in [0.15, 0.2) is 0 Å². The molecule has 1 aliphatic rings. The van der Waals surface area contributed by atoms with Crippen molar-refractivity contribution in [1.29, 1.82) is 0 Å². The monoisotopic (exact) mass is 252 g/mol. The van der Waals surface area contributed by atoms with Crippen LogP contribution in [-0.2, 0) is 21.2 Å². The number of hydrogen-bond acceptors (Lipinski definition) is 5. The maximum Gasteiger partial charge on any atom is 0.558 e. The summed E-state index contributed by atoms with van der Waals surface area (Å²) in [6, 6.07) is 0. The van der Waals surface area contributed by atoms with E-state index in [0.717, 1.165) is 0 Å². The van der Waals surface area contributed by atoms with E-state index in [4.69, 9.17) is 21.2 Å². The second-order valence-corrected chi connectivity index (χ2v) is 13.0. The van der Waals surface area contributed by atoms with Crippen LogP contribution in [0.4, 0.5) is 0 Å². The van der Waals surface area contributed by atoms with Crippen LogP contribution in [0.2, 0.25) is 13.1 Å². The highest BCUT2D eigenvalue weighted by molar-refractivity contribution is 7.18. The van der Waals surface area contributed by atoms with Gasteiger partial charge in [-0.1, -0.05) is 0 Å². The fraction of sp³-hybridized carbons (Fsp3) is 1.00. The molecule has 0 N–H and O–H groups in total. The molecule has 0 atom stereocenters. The maximum absolute atomic E-state index is 5.63. The van der Waals surface area contributed by atoms with Gasteiger partial charge in [0.05, 0.1) is 0 Å². The summed E-state index contributed by atoms with van der Waals surface area (Å²) in [5.41, 5.74) is 0. The topological polar surface area (TPSA) is 46.2 Å². The fourth-order valence-corrected chi connectivity index (χ4v) is 10.9. The molecule has 1 heterocycles. The van der Waals surface area contributed by atoms with E-state index in [9.17, 15) is 0 Å². The molecule has 0 amide bonds. The molecule has 0 spiro atoms. The first-order valence-electron chi connectivity index (χ1n) is 3.70. The molecule has 0 aromatic heterocycles. The summed E-state index contributed by atoms with van der Waals surface area (Å²) in [7, 11) is -1.80. The molecule has 1 fully saturated rings. The normalized spacial score (nSPS) is 24.9. The second kappa shape index (κ2) is 5.52. The maximum atomic E-state index is 5.63. The summed E-state index contributed by atoms with van der Waals surface area (Å²) >= 11 is 0. The van der Waals surface area contributed by atoms with Crippen molar-refractivity contribution in [2.75, 3.05) is 14.2 Å².